The Hall–Kier alpha value is -1.79. The van der Waals surface area contributed by atoms with E-state index in [4.69, 9.17) is 23.7 Å². The van der Waals surface area contributed by atoms with Gasteiger partial charge in [0, 0.05) is 5.56 Å². The summed E-state index contributed by atoms with van der Waals surface area (Å²) in [7, 11) is 3.14. The first-order valence-corrected chi connectivity index (χ1v) is 6.32. The van der Waals surface area contributed by atoms with Crippen LogP contribution in [0.25, 0.3) is 0 Å². The highest BCUT2D eigenvalue weighted by atomic mass is 16.7. The zero-order chi connectivity index (χ0) is 14.4. The third-order valence-corrected chi connectivity index (χ3v) is 2.90. The van der Waals surface area contributed by atoms with Gasteiger partial charge < -0.3 is 23.7 Å². The summed E-state index contributed by atoms with van der Waals surface area (Å²) in [6.07, 6.45) is -0.401. The molecule has 2 rings (SSSR count). The van der Waals surface area contributed by atoms with Gasteiger partial charge in [-0.15, -0.1) is 0 Å². The molecule has 6 nitrogen and oxygen atoms in total. The standard InChI is InChI=1S/C14H18O6/c1-16-11-3-4-12(17-2)10(7-11)9-20-13(15)8-14-18-5-6-19-14/h3-4,7,14H,5-6,8-9H2,1-2H3. The quantitative estimate of drug-likeness (QED) is 0.737. The minimum atomic E-state index is -0.491. The van der Waals surface area contributed by atoms with Crippen LogP contribution in [0.4, 0.5) is 0 Å². The van der Waals surface area contributed by atoms with Gasteiger partial charge in [-0.05, 0) is 18.2 Å². The Morgan fingerprint density at radius 1 is 1.25 bits per heavy atom. The maximum absolute atomic E-state index is 11.7. The second kappa shape index (κ2) is 7.12. The van der Waals surface area contributed by atoms with Crippen molar-refractivity contribution in [3.05, 3.63) is 23.8 Å². The van der Waals surface area contributed by atoms with Crippen molar-refractivity contribution < 1.29 is 28.5 Å². The fraction of sp³-hybridized carbons (Fsp3) is 0.500. The predicted octanol–water partition coefficient (Wildman–Crippen LogP) is 1.51. The molecule has 0 aliphatic carbocycles. The summed E-state index contributed by atoms with van der Waals surface area (Å²) in [6, 6.07) is 5.32. The van der Waals surface area contributed by atoms with E-state index in [-0.39, 0.29) is 19.0 Å². The molecule has 6 heteroatoms. The Morgan fingerprint density at radius 2 is 2.00 bits per heavy atom. The second-order valence-electron chi connectivity index (χ2n) is 4.21. The van der Waals surface area contributed by atoms with E-state index in [1.807, 2.05) is 0 Å². The molecule has 0 bridgehead atoms. The van der Waals surface area contributed by atoms with Crippen LogP contribution in [0.2, 0.25) is 0 Å². The molecule has 0 unspecified atom stereocenters. The largest absolute Gasteiger partial charge is 0.497 e. The zero-order valence-electron chi connectivity index (χ0n) is 11.6. The summed E-state index contributed by atoms with van der Waals surface area (Å²) in [5, 5.41) is 0. The highest BCUT2D eigenvalue weighted by Crippen LogP contribution is 2.24. The third-order valence-electron chi connectivity index (χ3n) is 2.90. The zero-order valence-corrected chi connectivity index (χ0v) is 11.6. The van der Waals surface area contributed by atoms with Crippen molar-refractivity contribution in [3.63, 3.8) is 0 Å². The third kappa shape index (κ3) is 3.85. The molecule has 0 atom stereocenters. The Labute approximate surface area is 117 Å². The van der Waals surface area contributed by atoms with Crippen LogP contribution in [0.15, 0.2) is 18.2 Å². The van der Waals surface area contributed by atoms with Gasteiger partial charge in [-0.3, -0.25) is 4.79 Å². The Kier molecular flexibility index (Phi) is 5.20. The van der Waals surface area contributed by atoms with E-state index in [0.29, 0.717) is 24.7 Å². The van der Waals surface area contributed by atoms with Gasteiger partial charge in [0.2, 0.25) is 0 Å². The number of methoxy groups -OCH3 is 2. The van der Waals surface area contributed by atoms with Gasteiger partial charge in [-0.2, -0.15) is 0 Å². The number of benzene rings is 1. The van der Waals surface area contributed by atoms with Gasteiger partial charge in [0.1, 0.15) is 18.1 Å². The molecule has 1 aromatic carbocycles. The first-order chi connectivity index (χ1) is 9.72. The summed E-state index contributed by atoms with van der Waals surface area (Å²) < 4.78 is 25.9. The summed E-state index contributed by atoms with van der Waals surface area (Å²) >= 11 is 0. The van der Waals surface area contributed by atoms with E-state index in [2.05, 4.69) is 0 Å². The van der Waals surface area contributed by atoms with Crippen molar-refractivity contribution in [2.45, 2.75) is 19.3 Å². The summed E-state index contributed by atoms with van der Waals surface area (Å²) in [4.78, 5) is 11.7. The van der Waals surface area contributed by atoms with Crippen molar-refractivity contribution in [2.24, 2.45) is 0 Å². The van der Waals surface area contributed by atoms with Gasteiger partial charge in [0.15, 0.2) is 6.29 Å². The molecule has 0 spiro atoms. The fourth-order valence-electron chi connectivity index (χ4n) is 1.87. The van der Waals surface area contributed by atoms with E-state index in [9.17, 15) is 4.79 Å². The predicted molar refractivity (Wildman–Crippen MR) is 69.7 cm³/mol. The Balaban J connectivity index is 1.90. The van der Waals surface area contributed by atoms with Gasteiger partial charge in [0.25, 0.3) is 0 Å². The van der Waals surface area contributed by atoms with Crippen molar-refractivity contribution >= 4 is 5.97 Å². The molecule has 1 aliphatic heterocycles. The topological polar surface area (TPSA) is 63.2 Å². The van der Waals surface area contributed by atoms with E-state index < -0.39 is 6.29 Å². The highest BCUT2D eigenvalue weighted by Gasteiger charge is 2.20. The number of hydrogen-bond acceptors (Lipinski definition) is 6. The lowest BCUT2D eigenvalue weighted by molar-refractivity contribution is -0.153. The van der Waals surface area contributed by atoms with Gasteiger partial charge in [0.05, 0.1) is 33.9 Å². The Bertz CT molecular complexity index is 453. The minimum absolute atomic E-state index is 0.0896. The van der Waals surface area contributed by atoms with Crippen LogP contribution in [-0.2, 0) is 25.6 Å². The van der Waals surface area contributed by atoms with Crippen LogP contribution < -0.4 is 9.47 Å². The van der Waals surface area contributed by atoms with Crippen molar-refractivity contribution in [1.82, 2.24) is 0 Å². The first-order valence-electron chi connectivity index (χ1n) is 6.32. The molecule has 0 N–H and O–H groups in total. The van der Waals surface area contributed by atoms with Crippen LogP contribution in [-0.4, -0.2) is 39.7 Å². The van der Waals surface area contributed by atoms with Crippen LogP contribution >= 0.6 is 0 Å². The number of esters is 1. The molecule has 1 aromatic rings. The van der Waals surface area contributed by atoms with Crippen LogP contribution in [0.1, 0.15) is 12.0 Å². The van der Waals surface area contributed by atoms with Crippen molar-refractivity contribution in [2.75, 3.05) is 27.4 Å². The van der Waals surface area contributed by atoms with Gasteiger partial charge >= 0.3 is 5.97 Å². The molecular weight excluding hydrogens is 264 g/mol. The normalized spacial score (nSPS) is 15.1. The maximum atomic E-state index is 11.7. The molecule has 0 amide bonds. The van der Waals surface area contributed by atoms with E-state index in [0.717, 1.165) is 5.56 Å². The Morgan fingerprint density at radius 3 is 2.65 bits per heavy atom. The molecule has 0 aromatic heterocycles. The van der Waals surface area contributed by atoms with Crippen LogP contribution in [0.5, 0.6) is 11.5 Å². The molecule has 20 heavy (non-hydrogen) atoms. The molecule has 0 radical (unpaired) electrons. The van der Waals surface area contributed by atoms with E-state index >= 15 is 0 Å². The van der Waals surface area contributed by atoms with E-state index in [1.54, 1.807) is 32.4 Å². The lowest BCUT2D eigenvalue weighted by Crippen LogP contribution is -2.16. The number of rotatable bonds is 6. The summed E-state index contributed by atoms with van der Waals surface area (Å²) in [5.74, 6) is 0.952. The lowest BCUT2D eigenvalue weighted by atomic mass is 10.2. The van der Waals surface area contributed by atoms with Crippen molar-refractivity contribution in [1.29, 1.82) is 0 Å². The number of hydrogen-bond donors (Lipinski definition) is 0. The average molecular weight is 282 g/mol. The number of carbonyl (C=O) groups is 1. The maximum Gasteiger partial charge on any atom is 0.311 e. The second-order valence-corrected chi connectivity index (χ2v) is 4.21. The minimum Gasteiger partial charge on any atom is -0.497 e. The summed E-state index contributed by atoms with van der Waals surface area (Å²) in [5.41, 5.74) is 0.744. The summed E-state index contributed by atoms with van der Waals surface area (Å²) in [6.45, 7) is 1.15. The number of carbonyl (C=O) groups excluding carboxylic acids is 1. The van der Waals surface area contributed by atoms with Gasteiger partial charge in [-0.25, -0.2) is 0 Å². The smallest absolute Gasteiger partial charge is 0.311 e. The van der Waals surface area contributed by atoms with E-state index in [1.165, 1.54) is 0 Å². The molecule has 1 heterocycles. The molecule has 1 aliphatic rings. The van der Waals surface area contributed by atoms with Gasteiger partial charge in [-0.1, -0.05) is 0 Å². The molecule has 1 saturated heterocycles. The first kappa shape index (κ1) is 14.6. The SMILES string of the molecule is COc1ccc(OC)c(COC(=O)CC2OCCO2)c1. The monoisotopic (exact) mass is 282 g/mol. The molecule has 0 saturated carbocycles. The highest BCUT2D eigenvalue weighted by molar-refractivity contribution is 5.69. The lowest BCUT2D eigenvalue weighted by Gasteiger charge is -2.12. The molecule has 1 fully saturated rings. The fourth-order valence-corrected chi connectivity index (χ4v) is 1.87. The van der Waals surface area contributed by atoms with Crippen LogP contribution in [0.3, 0.4) is 0 Å². The van der Waals surface area contributed by atoms with Crippen LogP contribution in [0, 0.1) is 0 Å². The average Bonchev–Trinajstić information content (AvgIpc) is 2.97. The van der Waals surface area contributed by atoms with Crippen molar-refractivity contribution in [3.8, 4) is 11.5 Å². The number of ether oxygens (including phenoxy) is 5. The molecule has 110 valence electrons. The molecular formula is C14H18O6.